The Morgan fingerprint density at radius 3 is 2.47 bits per heavy atom. The van der Waals surface area contributed by atoms with Gasteiger partial charge in [0.15, 0.2) is 6.29 Å². The van der Waals surface area contributed by atoms with Gasteiger partial charge in [0.2, 0.25) is 5.79 Å². The summed E-state index contributed by atoms with van der Waals surface area (Å²) in [6.45, 7) is 3.18. The molecule has 0 saturated carbocycles. The molecule has 0 unspecified atom stereocenters. The largest absolute Gasteiger partial charge is 0.417 e. The number of alkyl halides is 3. The molecule has 0 spiro atoms. The average molecular weight is 533 g/mol. The molecule has 0 bridgehead atoms. The summed E-state index contributed by atoms with van der Waals surface area (Å²) in [5.41, 5.74) is -2.41. The van der Waals surface area contributed by atoms with Crippen molar-refractivity contribution >= 4 is 17.3 Å². The van der Waals surface area contributed by atoms with Gasteiger partial charge in [-0.15, -0.1) is 0 Å². The molecule has 0 aliphatic carbocycles. The van der Waals surface area contributed by atoms with E-state index in [1.165, 1.54) is 19.1 Å². The summed E-state index contributed by atoms with van der Waals surface area (Å²) in [5, 5.41) is 21.8. The van der Waals surface area contributed by atoms with Crippen molar-refractivity contribution in [3.05, 3.63) is 74.0 Å². The molecule has 2 aromatic carbocycles. The van der Waals surface area contributed by atoms with Crippen LogP contribution in [0.15, 0.2) is 36.4 Å². The lowest BCUT2D eigenvalue weighted by Crippen LogP contribution is -2.49. The van der Waals surface area contributed by atoms with E-state index in [2.05, 4.69) is 4.90 Å². The number of aliphatic hydroxyl groups is 1. The van der Waals surface area contributed by atoms with Crippen molar-refractivity contribution in [3.8, 4) is 0 Å². The third-order valence-corrected chi connectivity index (χ3v) is 7.09. The van der Waals surface area contributed by atoms with Gasteiger partial charge >= 0.3 is 6.18 Å². The zero-order valence-corrected chi connectivity index (χ0v) is 20.1. The molecule has 2 fully saturated rings. The van der Waals surface area contributed by atoms with Crippen LogP contribution in [0, 0.1) is 15.9 Å². The molecule has 2 saturated heterocycles. The molecule has 2 heterocycles. The van der Waals surface area contributed by atoms with E-state index in [1.54, 1.807) is 0 Å². The van der Waals surface area contributed by atoms with E-state index in [9.17, 15) is 32.8 Å². The van der Waals surface area contributed by atoms with E-state index in [1.807, 2.05) is 0 Å². The maximum absolute atomic E-state index is 13.4. The first-order chi connectivity index (χ1) is 16.8. The summed E-state index contributed by atoms with van der Waals surface area (Å²) in [7, 11) is 0. The minimum absolute atomic E-state index is 0.136. The Bertz CT molecular complexity index is 1130. The number of likely N-dealkylation sites (tertiary alicyclic amines) is 1. The van der Waals surface area contributed by atoms with Crippen LogP contribution in [0.3, 0.4) is 0 Å². The normalized spacial score (nSPS) is 24.4. The van der Waals surface area contributed by atoms with Crippen molar-refractivity contribution in [1.82, 2.24) is 4.90 Å². The number of piperidine rings is 1. The van der Waals surface area contributed by atoms with E-state index in [-0.39, 0.29) is 24.0 Å². The summed E-state index contributed by atoms with van der Waals surface area (Å²) < 4.78 is 64.5. The Balaban J connectivity index is 1.26. The van der Waals surface area contributed by atoms with Gasteiger partial charge in [0, 0.05) is 13.1 Å². The van der Waals surface area contributed by atoms with E-state index >= 15 is 0 Å². The number of hydrogen-bond donors (Lipinski definition) is 1. The molecular weight excluding hydrogens is 508 g/mol. The zero-order chi connectivity index (χ0) is 26.3. The van der Waals surface area contributed by atoms with Gasteiger partial charge in [-0.25, -0.2) is 4.39 Å². The molecule has 0 aromatic heterocycles. The van der Waals surface area contributed by atoms with Crippen molar-refractivity contribution < 1.29 is 37.1 Å². The molecule has 0 amide bonds. The Morgan fingerprint density at radius 1 is 1.19 bits per heavy atom. The molecule has 2 aromatic rings. The second-order valence-electron chi connectivity index (χ2n) is 9.24. The molecule has 0 radical (unpaired) electrons. The lowest BCUT2D eigenvalue weighted by atomic mass is 9.83. The average Bonchev–Trinajstić information content (AvgIpc) is 2.78. The second kappa shape index (κ2) is 9.86. The van der Waals surface area contributed by atoms with E-state index in [0.717, 1.165) is 24.3 Å². The SMILES string of the molecule is CC1(c2ccc(F)cc2[N+](=O)[O-])OC(CCCN2CCC(O)(c3ccc(Cl)c(C(F)(F)F)c3)CC2)O1. The standard InChI is InChI=1S/C24H25ClF4N2O5/c1-22(17-6-5-16(26)14-20(17)31(33)34)35-21(36-22)3-2-10-30-11-8-23(32,9-12-30)15-4-7-19(25)18(13-15)24(27,28)29/h4-7,13-14,21,32H,2-3,8-12H2,1H3. The maximum Gasteiger partial charge on any atom is 0.417 e. The molecular formula is C24H25ClF4N2O5. The van der Waals surface area contributed by atoms with Crippen molar-refractivity contribution in [2.75, 3.05) is 19.6 Å². The third-order valence-electron chi connectivity index (χ3n) is 6.76. The van der Waals surface area contributed by atoms with Gasteiger partial charge in [-0.3, -0.25) is 10.1 Å². The fourth-order valence-electron chi connectivity index (χ4n) is 4.74. The molecule has 12 heteroatoms. The number of nitro groups is 1. The number of nitro benzene ring substituents is 1. The van der Waals surface area contributed by atoms with E-state index in [4.69, 9.17) is 21.1 Å². The molecule has 4 rings (SSSR count). The summed E-state index contributed by atoms with van der Waals surface area (Å²) in [6, 6.07) is 6.73. The molecule has 36 heavy (non-hydrogen) atoms. The molecule has 0 atom stereocenters. The molecule has 7 nitrogen and oxygen atoms in total. The van der Waals surface area contributed by atoms with E-state index < -0.39 is 50.9 Å². The maximum atomic E-state index is 13.4. The van der Waals surface area contributed by atoms with E-state index in [0.29, 0.717) is 32.5 Å². The van der Waals surface area contributed by atoms with Crippen LogP contribution in [0.4, 0.5) is 23.2 Å². The number of benzene rings is 2. The lowest BCUT2D eigenvalue weighted by Gasteiger charge is -2.45. The Hall–Kier alpha value is -2.31. The quantitative estimate of drug-likeness (QED) is 0.279. The number of halogens is 5. The fourth-order valence-corrected chi connectivity index (χ4v) is 4.97. The van der Waals surface area contributed by atoms with Gasteiger partial charge in [0.05, 0.1) is 32.7 Å². The summed E-state index contributed by atoms with van der Waals surface area (Å²) in [6.07, 6.45) is -3.45. The van der Waals surface area contributed by atoms with Crippen LogP contribution in [0.5, 0.6) is 0 Å². The summed E-state index contributed by atoms with van der Waals surface area (Å²) in [4.78, 5) is 12.7. The van der Waals surface area contributed by atoms with Crippen molar-refractivity contribution in [3.63, 3.8) is 0 Å². The minimum atomic E-state index is -4.60. The highest BCUT2D eigenvalue weighted by Gasteiger charge is 2.48. The highest BCUT2D eigenvalue weighted by atomic mass is 35.5. The van der Waals surface area contributed by atoms with Gasteiger partial charge in [-0.2, -0.15) is 13.2 Å². The predicted molar refractivity (Wildman–Crippen MR) is 122 cm³/mol. The molecule has 196 valence electrons. The highest BCUT2D eigenvalue weighted by molar-refractivity contribution is 6.31. The smallest absolute Gasteiger partial charge is 0.385 e. The first kappa shape index (κ1) is 26.7. The minimum Gasteiger partial charge on any atom is -0.385 e. The highest BCUT2D eigenvalue weighted by Crippen LogP contribution is 2.44. The summed E-state index contributed by atoms with van der Waals surface area (Å²) in [5.74, 6) is -2.06. The van der Waals surface area contributed by atoms with Crippen LogP contribution in [-0.4, -0.2) is 40.9 Å². The molecule has 1 N–H and O–H groups in total. The van der Waals surface area contributed by atoms with Crippen LogP contribution in [0.25, 0.3) is 0 Å². The lowest BCUT2D eigenvalue weighted by molar-refractivity contribution is -0.461. The Kier molecular flexibility index (Phi) is 7.33. The number of hydrogen-bond acceptors (Lipinski definition) is 6. The molecule has 2 aliphatic heterocycles. The number of ether oxygens (including phenoxy) is 2. The number of nitrogens with zero attached hydrogens (tertiary/aromatic N) is 2. The van der Waals surface area contributed by atoms with Crippen LogP contribution in [-0.2, 0) is 27.0 Å². The Labute approximate surface area is 209 Å². The fraction of sp³-hybridized carbons (Fsp3) is 0.500. The van der Waals surface area contributed by atoms with Gasteiger partial charge in [-0.1, -0.05) is 17.7 Å². The topological polar surface area (TPSA) is 85.1 Å². The number of rotatable bonds is 7. The predicted octanol–water partition coefficient (Wildman–Crippen LogP) is 5.72. The van der Waals surface area contributed by atoms with Crippen LogP contribution < -0.4 is 0 Å². The molecule has 2 aliphatic rings. The van der Waals surface area contributed by atoms with Crippen molar-refractivity contribution in [2.45, 2.75) is 56.5 Å². The van der Waals surface area contributed by atoms with Crippen LogP contribution >= 0.6 is 11.6 Å². The second-order valence-corrected chi connectivity index (χ2v) is 9.64. The van der Waals surface area contributed by atoms with Crippen LogP contribution in [0.2, 0.25) is 5.02 Å². The first-order valence-electron chi connectivity index (χ1n) is 11.4. The van der Waals surface area contributed by atoms with Crippen molar-refractivity contribution in [2.24, 2.45) is 0 Å². The first-order valence-corrected chi connectivity index (χ1v) is 11.8. The third kappa shape index (κ3) is 5.50. The zero-order valence-electron chi connectivity index (χ0n) is 19.4. The van der Waals surface area contributed by atoms with Crippen LogP contribution in [0.1, 0.15) is 49.3 Å². The van der Waals surface area contributed by atoms with Gasteiger partial charge in [0.25, 0.3) is 5.69 Å². The monoisotopic (exact) mass is 532 g/mol. The Morgan fingerprint density at radius 2 is 1.86 bits per heavy atom. The van der Waals surface area contributed by atoms with Gasteiger partial charge < -0.3 is 19.5 Å². The van der Waals surface area contributed by atoms with Gasteiger partial charge in [-0.05, 0) is 69.0 Å². The van der Waals surface area contributed by atoms with Crippen molar-refractivity contribution in [1.29, 1.82) is 0 Å². The van der Waals surface area contributed by atoms with Gasteiger partial charge in [0.1, 0.15) is 5.82 Å². The summed E-state index contributed by atoms with van der Waals surface area (Å²) >= 11 is 5.69.